The smallest absolute Gasteiger partial charge is 0.338 e. The maximum absolute atomic E-state index is 12.1. The number of amides is 2. The molecule has 1 aliphatic heterocycles. The number of benzene rings is 2. The van der Waals surface area contributed by atoms with Gasteiger partial charge >= 0.3 is 5.97 Å². The van der Waals surface area contributed by atoms with E-state index in [1.54, 1.807) is 18.2 Å². The van der Waals surface area contributed by atoms with Crippen LogP contribution in [0.1, 0.15) is 16.8 Å². The monoisotopic (exact) mass is 409 g/mol. The molecule has 1 atom stereocenters. The normalized spacial score (nSPS) is 14.2. The lowest BCUT2D eigenvalue weighted by molar-refractivity contribution is -0.124. The van der Waals surface area contributed by atoms with E-state index in [2.05, 4.69) is 10.6 Å². The number of carbonyl (C=O) groups excluding carboxylic acids is 3. The summed E-state index contributed by atoms with van der Waals surface area (Å²) in [5, 5.41) is 13.6. The molecule has 30 heavy (non-hydrogen) atoms. The number of nitriles is 1. The SMILES string of the molecule is N#CCC(=O)Nc1ccc(C(=O)OCC(=O)NCC2COc3ccccc3O2)cc1. The number of esters is 1. The third-order valence-corrected chi connectivity index (χ3v) is 4.07. The van der Waals surface area contributed by atoms with Crippen LogP contribution in [0, 0.1) is 11.3 Å². The zero-order valence-electron chi connectivity index (χ0n) is 15.9. The first-order valence-electron chi connectivity index (χ1n) is 9.14. The Kier molecular flexibility index (Phi) is 6.84. The van der Waals surface area contributed by atoms with Gasteiger partial charge in [0.25, 0.3) is 5.91 Å². The van der Waals surface area contributed by atoms with Crippen molar-refractivity contribution >= 4 is 23.5 Å². The van der Waals surface area contributed by atoms with Gasteiger partial charge in [-0.1, -0.05) is 12.1 Å². The molecule has 0 aliphatic carbocycles. The summed E-state index contributed by atoms with van der Waals surface area (Å²) in [5.74, 6) is -0.316. The number of rotatable bonds is 7. The zero-order chi connectivity index (χ0) is 21.3. The number of nitrogens with one attached hydrogen (secondary N) is 2. The first-order valence-corrected chi connectivity index (χ1v) is 9.14. The number of anilines is 1. The van der Waals surface area contributed by atoms with Crippen LogP contribution in [-0.4, -0.2) is 43.6 Å². The summed E-state index contributed by atoms with van der Waals surface area (Å²) < 4.78 is 16.3. The Morgan fingerprint density at radius 1 is 1.07 bits per heavy atom. The molecular formula is C21H19N3O6. The van der Waals surface area contributed by atoms with Crippen molar-refractivity contribution in [2.24, 2.45) is 0 Å². The minimum Gasteiger partial charge on any atom is -0.486 e. The van der Waals surface area contributed by atoms with Gasteiger partial charge in [-0.25, -0.2) is 4.79 Å². The quantitative estimate of drug-likeness (QED) is 0.666. The van der Waals surface area contributed by atoms with Gasteiger partial charge in [-0.2, -0.15) is 5.26 Å². The van der Waals surface area contributed by atoms with Crippen LogP contribution in [0.2, 0.25) is 0 Å². The molecule has 3 rings (SSSR count). The minimum absolute atomic E-state index is 0.210. The molecule has 2 N–H and O–H groups in total. The molecule has 9 nitrogen and oxygen atoms in total. The number of carbonyl (C=O) groups is 3. The topological polar surface area (TPSA) is 127 Å². The van der Waals surface area contributed by atoms with E-state index in [1.807, 2.05) is 12.1 Å². The third-order valence-electron chi connectivity index (χ3n) is 4.07. The van der Waals surface area contributed by atoms with E-state index in [1.165, 1.54) is 24.3 Å². The molecule has 0 fully saturated rings. The average molecular weight is 409 g/mol. The van der Waals surface area contributed by atoms with Crippen LogP contribution in [0.5, 0.6) is 11.5 Å². The molecule has 0 bridgehead atoms. The van der Waals surface area contributed by atoms with E-state index >= 15 is 0 Å². The summed E-state index contributed by atoms with van der Waals surface area (Å²) in [6.07, 6.45) is -0.605. The summed E-state index contributed by atoms with van der Waals surface area (Å²) in [6.45, 7) is 0.0692. The molecule has 0 saturated heterocycles. The van der Waals surface area contributed by atoms with Gasteiger partial charge in [-0.05, 0) is 36.4 Å². The van der Waals surface area contributed by atoms with Crippen molar-refractivity contribution < 1.29 is 28.6 Å². The molecule has 1 aliphatic rings. The first kappa shape index (κ1) is 20.7. The van der Waals surface area contributed by atoms with Crippen molar-refractivity contribution in [2.45, 2.75) is 12.5 Å². The largest absolute Gasteiger partial charge is 0.486 e. The Balaban J connectivity index is 1.40. The molecular weight excluding hydrogens is 390 g/mol. The summed E-state index contributed by atoms with van der Waals surface area (Å²) >= 11 is 0. The second-order valence-electron chi connectivity index (χ2n) is 6.34. The lowest BCUT2D eigenvalue weighted by atomic mass is 10.2. The van der Waals surface area contributed by atoms with Gasteiger partial charge in [-0.15, -0.1) is 0 Å². The fourth-order valence-corrected chi connectivity index (χ4v) is 2.62. The number of hydrogen-bond acceptors (Lipinski definition) is 7. The highest BCUT2D eigenvalue weighted by Crippen LogP contribution is 2.30. The average Bonchev–Trinajstić information content (AvgIpc) is 2.76. The van der Waals surface area contributed by atoms with Crippen molar-refractivity contribution in [3.05, 3.63) is 54.1 Å². The van der Waals surface area contributed by atoms with Crippen LogP contribution in [-0.2, 0) is 14.3 Å². The number of fused-ring (bicyclic) bond motifs is 1. The Morgan fingerprint density at radius 3 is 2.53 bits per heavy atom. The van der Waals surface area contributed by atoms with E-state index in [9.17, 15) is 14.4 Å². The molecule has 154 valence electrons. The van der Waals surface area contributed by atoms with Gasteiger partial charge in [0.05, 0.1) is 18.2 Å². The summed E-state index contributed by atoms with van der Waals surface area (Å²) in [4.78, 5) is 35.4. The second-order valence-corrected chi connectivity index (χ2v) is 6.34. The van der Waals surface area contributed by atoms with Crippen LogP contribution in [0.3, 0.4) is 0 Å². The summed E-state index contributed by atoms with van der Waals surface area (Å²) in [5.41, 5.74) is 0.669. The maximum atomic E-state index is 12.1. The fourth-order valence-electron chi connectivity index (χ4n) is 2.62. The Morgan fingerprint density at radius 2 is 1.80 bits per heavy atom. The highest BCUT2D eigenvalue weighted by Gasteiger charge is 2.21. The lowest BCUT2D eigenvalue weighted by Crippen LogP contribution is -2.42. The molecule has 2 aromatic carbocycles. The molecule has 1 unspecified atom stereocenters. The van der Waals surface area contributed by atoms with Crippen LogP contribution in [0.4, 0.5) is 5.69 Å². The summed E-state index contributed by atoms with van der Waals surface area (Å²) in [6, 6.07) is 14.9. The van der Waals surface area contributed by atoms with Crippen molar-refractivity contribution in [1.82, 2.24) is 5.32 Å². The van der Waals surface area contributed by atoms with Crippen molar-refractivity contribution in [3.63, 3.8) is 0 Å². The molecule has 0 aromatic heterocycles. The van der Waals surface area contributed by atoms with Gasteiger partial charge in [-0.3, -0.25) is 9.59 Å². The van der Waals surface area contributed by atoms with Crippen LogP contribution in [0.15, 0.2) is 48.5 Å². The van der Waals surface area contributed by atoms with E-state index in [0.29, 0.717) is 23.8 Å². The Labute approximate surface area is 172 Å². The van der Waals surface area contributed by atoms with E-state index in [0.717, 1.165) is 0 Å². The van der Waals surface area contributed by atoms with Crippen molar-refractivity contribution in [3.8, 4) is 17.6 Å². The fraction of sp³-hybridized carbons (Fsp3) is 0.238. The minimum atomic E-state index is -0.675. The lowest BCUT2D eigenvalue weighted by Gasteiger charge is -2.26. The summed E-state index contributed by atoms with van der Waals surface area (Å²) in [7, 11) is 0. The van der Waals surface area contributed by atoms with Crippen molar-refractivity contribution in [1.29, 1.82) is 5.26 Å². The zero-order valence-corrected chi connectivity index (χ0v) is 15.9. The predicted molar refractivity (Wildman–Crippen MR) is 105 cm³/mol. The number of ether oxygens (including phenoxy) is 3. The second kappa shape index (κ2) is 9.93. The van der Waals surface area contributed by atoms with E-state index in [-0.39, 0.29) is 24.6 Å². The number of nitrogens with zero attached hydrogens (tertiary/aromatic N) is 1. The maximum Gasteiger partial charge on any atom is 0.338 e. The Hall–Kier alpha value is -4.06. The standard InChI is InChI=1S/C21H19N3O6/c22-10-9-19(25)24-15-7-5-14(6-8-15)21(27)29-13-20(26)23-11-16-12-28-17-3-1-2-4-18(17)30-16/h1-8,16H,9,11-13H2,(H,23,26)(H,24,25). The van der Waals surface area contributed by atoms with Crippen LogP contribution >= 0.6 is 0 Å². The van der Waals surface area contributed by atoms with Gasteiger partial charge in [0.2, 0.25) is 5.91 Å². The highest BCUT2D eigenvalue weighted by molar-refractivity contribution is 5.94. The molecule has 2 aromatic rings. The number of hydrogen-bond donors (Lipinski definition) is 2. The van der Waals surface area contributed by atoms with Gasteiger partial charge < -0.3 is 24.8 Å². The predicted octanol–water partition coefficient (Wildman–Crippen LogP) is 1.65. The molecule has 2 amide bonds. The highest BCUT2D eigenvalue weighted by atomic mass is 16.6. The number of para-hydroxylation sites is 2. The van der Waals surface area contributed by atoms with Gasteiger partial charge in [0, 0.05) is 5.69 Å². The van der Waals surface area contributed by atoms with Crippen molar-refractivity contribution in [2.75, 3.05) is 25.1 Å². The van der Waals surface area contributed by atoms with Gasteiger partial charge in [0.1, 0.15) is 19.1 Å². The van der Waals surface area contributed by atoms with E-state index in [4.69, 9.17) is 19.5 Å². The molecule has 0 spiro atoms. The first-order chi connectivity index (χ1) is 14.5. The van der Waals surface area contributed by atoms with Gasteiger partial charge in [0.15, 0.2) is 18.1 Å². The molecule has 0 saturated carbocycles. The molecule has 0 radical (unpaired) electrons. The molecule has 9 heteroatoms. The van der Waals surface area contributed by atoms with Crippen LogP contribution in [0.25, 0.3) is 0 Å². The van der Waals surface area contributed by atoms with E-state index < -0.39 is 24.4 Å². The van der Waals surface area contributed by atoms with Crippen LogP contribution < -0.4 is 20.1 Å². The Bertz CT molecular complexity index is 967. The third kappa shape index (κ3) is 5.72. The molecule has 1 heterocycles.